The fraction of sp³-hybridized carbons (Fsp3) is 0.500. The molecule has 102 valence electrons. The summed E-state index contributed by atoms with van der Waals surface area (Å²) in [5.41, 5.74) is 0.105. The Bertz CT molecular complexity index is 681. The van der Waals surface area contributed by atoms with Crippen LogP contribution in [-0.4, -0.2) is 47.3 Å². The number of fused-ring (bicyclic) bond motifs is 1. The number of aromatic nitrogens is 2. The van der Waals surface area contributed by atoms with E-state index in [4.69, 9.17) is 4.74 Å². The minimum atomic E-state index is -0.329. The Morgan fingerprint density at radius 1 is 1.26 bits per heavy atom. The van der Waals surface area contributed by atoms with Crippen LogP contribution in [0.1, 0.15) is 0 Å². The van der Waals surface area contributed by atoms with Crippen LogP contribution in [0.15, 0.2) is 21.0 Å². The Morgan fingerprint density at radius 3 is 2.84 bits per heavy atom. The molecule has 0 bridgehead atoms. The molecule has 2 aromatic heterocycles. The van der Waals surface area contributed by atoms with Crippen LogP contribution in [0, 0.1) is 0 Å². The molecule has 1 aliphatic heterocycles. The number of nitrogens with one attached hydrogen (secondary N) is 1. The van der Waals surface area contributed by atoms with E-state index in [1.54, 1.807) is 6.07 Å². The minimum absolute atomic E-state index is 0.193. The van der Waals surface area contributed by atoms with Crippen LogP contribution in [0.2, 0.25) is 0 Å². The minimum Gasteiger partial charge on any atom is -0.379 e. The first-order valence-corrected chi connectivity index (χ1v) is 7.14. The first-order valence-electron chi connectivity index (χ1n) is 6.26. The summed E-state index contributed by atoms with van der Waals surface area (Å²) in [4.78, 5) is 29.0. The van der Waals surface area contributed by atoms with Gasteiger partial charge in [0.1, 0.15) is 4.70 Å². The quantitative estimate of drug-likeness (QED) is 0.865. The van der Waals surface area contributed by atoms with Crippen LogP contribution in [-0.2, 0) is 11.3 Å². The van der Waals surface area contributed by atoms with Gasteiger partial charge < -0.3 is 9.72 Å². The maximum Gasteiger partial charge on any atom is 0.328 e. The van der Waals surface area contributed by atoms with Crippen LogP contribution in [0.25, 0.3) is 10.2 Å². The van der Waals surface area contributed by atoms with E-state index in [1.807, 2.05) is 5.38 Å². The van der Waals surface area contributed by atoms with Crippen LogP contribution < -0.4 is 11.2 Å². The molecule has 1 N–H and O–H groups in total. The smallest absolute Gasteiger partial charge is 0.328 e. The number of morpholine rings is 1. The summed E-state index contributed by atoms with van der Waals surface area (Å²) in [6.07, 6.45) is 0. The molecular weight excluding hydrogens is 266 g/mol. The Hall–Kier alpha value is -1.44. The Morgan fingerprint density at radius 2 is 2.05 bits per heavy atom. The summed E-state index contributed by atoms with van der Waals surface area (Å²) < 4.78 is 7.17. The van der Waals surface area contributed by atoms with Gasteiger partial charge >= 0.3 is 5.69 Å². The molecule has 1 fully saturated rings. The maximum absolute atomic E-state index is 12.2. The molecule has 7 heteroatoms. The zero-order valence-electron chi connectivity index (χ0n) is 10.4. The Kier molecular flexibility index (Phi) is 3.50. The topological polar surface area (TPSA) is 67.3 Å². The lowest BCUT2D eigenvalue weighted by Crippen LogP contribution is -2.42. The fourth-order valence-electron chi connectivity index (χ4n) is 2.24. The molecule has 3 heterocycles. The zero-order valence-corrected chi connectivity index (χ0v) is 11.2. The molecule has 2 aromatic rings. The van der Waals surface area contributed by atoms with Crippen molar-refractivity contribution in [2.24, 2.45) is 0 Å². The van der Waals surface area contributed by atoms with Gasteiger partial charge in [-0.1, -0.05) is 0 Å². The molecule has 1 aliphatic rings. The van der Waals surface area contributed by atoms with Gasteiger partial charge in [0.05, 0.1) is 18.7 Å². The second kappa shape index (κ2) is 5.28. The average molecular weight is 281 g/mol. The standard InChI is InChI=1S/C12H15N3O3S/c16-11-10-9(1-8-19-10)13-12(17)15(11)3-2-14-4-6-18-7-5-14/h1,8H,2-7H2,(H,13,17). The first-order chi connectivity index (χ1) is 9.25. The van der Waals surface area contributed by atoms with E-state index in [2.05, 4.69) is 9.88 Å². The summed E-state index contributed by atoms with van der Waals surface area (Å²) in [6, 6.07) is 1.76. The molecule has 0 radical (unpaired) electrons. The van der Waals surface area contributed by atoms with Crippen molar-refractivity contribution in [3.63, 3.8) is 0 Å². The Balaban J connectivity index is 1.83. The largest absolute Gasteiger partial charge is 0.379 e. The average Bonchev–Trinajstić information content (AvgIpc) is 2.88. The monoisotopic (exact) mass is 281 g/mol. The van der Waals surface area contributed by atoms with Crippen molar-refractivity contribution >= 4 is 21.6 Å². The van der Waals surface area contributed by atoms with Gasteiger partial charge in [-0.15, -0.1) is 11.3 Å². The van der Waals surface area contributed by atoms with E-state index in [9.17, 15) is 9.59 Å². The van der Waals surface area contributed by atoms with Crippen molar-refractivity contribution in [3.8, 4) is 0 Å². The molecular formula is C12H15N3O3S. The highest BCUT2D eigenvalue weighted by Gasteiger charge is 2.13. The molecule has 0 saturated carbocycles. The number of H-pyrrole nitrogens is 1. The van der Waals surface area contributed by atoms with E-state index >= 15 is 0 Å². The van der Waals surface area contributed by atoms with Gasteiger partial charge in [0.15, 0.2) is 0 Å². The lowest BCUT2D eigenvalue weighted by molar-refractivity contribution is 0.0361. The summed E-state index contributed by atoms with van der Waals surface area (Å²) in [5, 5.41) is 1.81. The van der Waals surface area contributed by atoms with Gasteiger partial charge in [-0.2, -0.15) is 0 Å². The van der Waals surface area contributed by atoms with E-state index in [1.165, 1.54) is 15.9 Å². The predicted molar refractivity (Wildman–Crippen MR) is 74.0 cm³/mol. The molecule has 0 spiro atoms. The molecule has 0 unspecified atom stereocenters. The van der Waals surface area contributed by atoms with Gasteiger partial charge in [-0.05, 0) is 11.4 Å². The van der Waals surface area contributed by atoms with Crippen molar-refractivity contribution in [2.45, 2.75) is 6.54 Å². The van der Waals surface area contributed by atoms with Crippen molar-refractivity contribution in [2.75, 3.05) is 32.8 Å². The normalized spacial score (nSPS) is 17.1. The van der Waals surface area contributed by atoms with Gasteiger partial charge in [-0.3, -0.25) is 14.3 Å². The first kappa shape index (κ1) is 12.6. The van der Waals surface area contributed by atoms with Crippen LogP contribution >= 0.6 is 11.3 Å². The maximum atomic E-state index is 12.2. The molecule has 6 nitrogen and oxygen atoms in total. The summed E-state index contributed by atoms with van der Waals surface area (Å²) in [6.45, 7) is 4.26. The van der Waals surface area contributed by atoms with E-state index in [0.29, 0.717) is 23.3 Å². The zero-order chi connectivity index (χ0) is 13.2. The van der Waals surface area contributed by atoms with E-state index < -0.39 is 0 Å². The number of aromatic amines is 1. The number of ether oxygens (including phenoxy) is 1. The lowest BCUT2D eigenvalue weighted by Gasteiger charge is -2.26. The molecule has 19 heavy (non-hydrogen) atoms. The molecule has 1 saturated heterocycles. The van der Waals surface area contributed by atoms with Crippen molar-refractivity contribution in [1.82, 2.24) is 14.5 Å². The highest BCUT2D eigenvalue weighted by atomic mass is 32.1. The number of rotatable bonds is 3. The van der Waals surface area contributed by atoms with Crippen molar-refractivity contribution in [1.29, 1.82) is 0 Å². The number of nitrogens with zero attached hydrogens (tertiary/aromatic N) is 2. The highest BCUT2D eigenvalue weighted by Crippen LogP contribution is 2.11. The van der Waals surface area contributed by atoms with Gasteiger partial charge in [0.2, 0.25) is 0 Å². The van der Waals surface area contributed by atoms with Gasteiger partial charge in [0, 0.05) is 26.2 Å². The summed E-state index contributed by atoms with van der Waals surface area (Å²) in [7, 11) is 0. The van der Waals surface area contributed by atoms with Crippen LogP contribution in [0.4, 0.5) is 0 Å². The third-order valence-corrected chi connectivity index (χ3v) is 4.24. The second-order valence-electron chi connectivity index (χ2n) is 4.50. The van der Waals surface area contributed by atoms with Crippen LogP contribution in [0.5, 0.6) is 0 Å². The summed E-state index contributed by atoms with van der Waals surface area (Å²) in [5.74, 6) is 0. The summed E-state index contributed by atoms with van der Waals surface area (Å²) >= 11 is 1.36. The number of thiophene rings is 1. The molecule has 0 aliphatic carbocycles. The van der Waals surface area contributed by atoms with Crippen molar-refractivity contribution < 1.29 is 4.74 Å². The van der Waals surface area contributed by atoms with Gasteiger partial charge in [0.25, 0.3) is 5.56 Å². The van der Waals surface area contributed by atoms with Crippen LogP contribution in [0.3, 0.4) is 0 Å². The number of hydrogen-bond acceptors (Lipinski definition) is 5. The third-order valence-electron chi connectivity index (χ3n) is 3.33. The Labute approximate surface area is 113 Å². The van der Waals surface area contributed by atoms with Gasteiger partial charge in [-0.25, -0.2) is 4.79 Å². The molecule has 0 aromatic carbocycles. The van der Waals surface area contributed by atoms with E-state index in [-0.39, 0.29) is 11.2 Å². The fourth-order valence-corrected chi connectivity index (χ4v) is 3.04. The molecule has 0 atom stereocenters. The van der Waals surface area contributed by atoms with E-state index in [0.717, 1.165) is 26.3 Å². The predicted octanol–water partition coefficient (Wildman–Crippen LogP) is 0.0835. The number of hydrogen-bond donors (Lipinski definition) is 1. The second-order valence-corrected chi connectivity index (χ2v) is 5.42. The lowest BCUT2D eigenvalue weighted by atomic mass is 10.4. The third kappa shape index (κ3) is 2.49. The molecule has 0 amide bonds. The SMILES string of the molecule is O=c1[nH]c2ccsc2c(=O)n1CCN1CCOCC1. The molecule has 3 rings (SSSR count). The van der Waals surface area contributed by atoms with Crippen molar-refractivity contribution in [3.05, 3.63) is 32.3 Å². The highest BCUT2D eigenvalue weighted by molar-refractivity contribution is 7.17.